The number of hydrogen-bond acceptors (Lipinski definition) is 9. The number of benzene rings is 2. The van der Waals surface area contributed by atoms with Crippen molar-refractivity contribution in [1.82, 2.24) is 20.1 Å². The zero-order valence-corrected chi connectivity index (χ0v) is 25.3. The summed E-state index contributed by atoms with van der Waals surface area (Å²) in [5, 5.41) is 8.49. The highest BCUT2D eigenvalue weighted by molar-refractivity contribution is 7.74. The summed E-state index contributed by atoms with van der Waals surface area (Å²) in [4.78, 5) is 17.8. The standard InChI is InChI=1S/C26H31ClF3N7O5S/c1-25(2,3)42-24(38)36-9-7-16(8-10-36)37(43(39)40)19-11-14(5-6-20(19)41-4)21-17(26(28,29)30)12-15(13-18(21)27)32-23-33-22(31)34-35-23/h5-6,11-13,16,43H,7-10H2,1-4H3,(H4,31,32,33,34,35). The molecule has 0 aliphatic carbocycles. The number of nitrogen functional groups attached to an aromatic ring is 1. The number of nitrogens with one attached hydrogen (secondary N) is 2. The second-order valence-electron chi connectivity index (χ2n) is 10.7. The van der Waals surface area contributed by atoms with Crippen LogP contribution in [0, 0.1) is 0 Å². The quantitative estimate of drug-likeness (QED) is 0.253. The lowest BCUT2D eigenvalue weighted by Gasteiger charge is -2.37. The van der Waals surface area contributed by atoms with Gasteiger partial charge in [0.2, 0.25) is 22.8 Å². The van der Waals surface area contributed by atoms with Crippen LogP contribution in [0.25, 0.3) is 11.1 Å². The Kier molecular flexibility index (Phi) is 9.20. The topological polar surface area (TPSA) is 156 Å². The maximum atomic E-state index is 14.3. The van der Waals surface area contributed by atoms with Gasteiger partial charge in [0, 0.05) is 30.4 Å². The lowest BCUT2D eigenvalue weighted by molar-refractivity contribution is -0.137. The number of amides is 1. The van der Waals surface area contributed by atoms with Crippen molar-refractivity contribution >= 4 is 51.9 Å². The van der Waals surface area contributed by atoms with Crippen molar-refractivity contribution in [3.05, 3.63) is 40.9 Å². The number of thiol groups is 1. The molecule has 1 aromatic heterocycles. The highest BCUT2D eigenvalue weighted by atomic mass is 35.5. The SMILES string of the molecule is COc1ccc(-c2c(Cl)cc(Nc3n[nH]c(N)n3)cc2C(F)(F)F)cc1N(C1CCN(C(=O)OC(C)(C)C)CC1)[SH](=O)=O. The van der Waals surface area contributed by atoms with Crippen molar-refractivity contribution in [2.45, 2.75) is 51.4 Å². The van der Waals surface area contributed by atoms with Gasteiger partial charge in [0.15, 0.2) is 0 Å². The molecule has 4 rings (SSSR count). The van der Waals surface area contributed by atoms with Crippen molar-refractivity contribution in [2.75, 3.05) is 35.6 Å². The first-order valence-corrected chi connectivity index (χ1v) is 14.5. The van der Waals surface area contributed by atoms with Crippen molar-refractivity contribution < 1.29 is 35.9 Å². The molecule has 1 fully saturated rings. The summed E-state index contributed by atoms with van der Waals surface area (Å²) >= 11 is 6.43. The number of methoxy groups -OCH3 is 1. The van der Waals surface area contributed by atoms with Crippen molar-refractivity contribution in [3.63, 3.8) is 0 Å². The Hall–Kier alpha value is -3.92. The minimum Gasteiger partial charge on any atom is -0.495 e. The highest BCUT2D eigenvalue weighted by Gasteiger charge is 2.37. The van der Waals surface area contributed by atoms with Crippen LogP contribution >= 0.6 is 11.6 Å². The molecule has 2 heterocycles. The molecule has 1 amide bonds. The van der Waals surface area contributed by atoms with Gasteiger partial charge in [-0.05, 0) is 63.4 Å². The molecular formula is C26H31ClF3N7O5S. The van der Waals surface area contributed by atoms with Gasteiger partial charge in [-0.25, -0.2) is 18.3 Å². The number of likely N-dealkylation sites (tertiary alicyclic amines) is 1. The number of H-pyrrole nitrogens is 1. The molecule has 0 bridgehead atoms. The molecule has 0 atom stereocenters. The first kappa shape index (κ1) is 32.0. The fourth-order valence-corrected chi connectivity index (χ4v) is 5.88. The van der Waals surface area contributed by atoms with E-state index < -0.39 is 40.4 Å². The van der Waals surface area contributed by atoms with Gasteiger partial charge in [0.25, 0.3) is 0 Å². The zero-order chi connectivity index (χ0) is 31.7. The molecule has 2 aromatic carbocycles. The Balaban J connectivity index is 1.71. The Morgan fingerprint density at radius 3 is 2.40 bits per heavy atom. The normalized spacial score (nSPS) is 14.6. The predicted molar refractivity (Wildman–Crippen MR) is 156 cm³/mol. The molecule has 12 nitrogen and oxygen atoms in total. The molecule has 3 aromatic rings. The monoisotopic (exact) mass is 645 g/mol. The van der Waals surface area contributed by atoms with E-state index in [-0.39, 0.29) is 71.1 Å². The van der Waals surface area contributed by atoms with Crippen LogP contribution in [0.2, 0.25) is 5.02 Å². The Bertz CT molecular complexity index is 1560. The molecule has 0 spiro atoms. The van der Waals surface area contributed by atoms with Gasteiger partial charge in [0.1, 0.15) is 11.4 Å². The summed E-state index contributed by atoms with van der Waals surface area (Å²) in [7, 11) is -1.94. The van der Waals surface area contributed by atoms with E-state index in [1.54, 1.807) is 20.8 Å². The molecule has 234 valence electrons. The molecule has 0 unspecified atom stereocenters. The number of aromatic nitrogens is 3. The van der Waals surface area contributed by atoms with Gasteiger partial charge in [-0.1, -0.05) is 17.7 Å². The van der Waals surface area contributed by atoms with Crippen LogP contribution in [0.3, 0.4) is 0 Å². The number of halogens is 4. The molecule has 43 heavy (non-hydrogen) atoms. The summed E-state index contributed by atoms with van der Waals surface area (Å²) < 4.78 is 80.1. The number of alkyl halides is 3. The van der Waals surface area contributed by atoms with E-state index in [0.29, 0.717) is 0 Å². The van der Waals surface area contributed by atoms with Crippen LogP contribution in [0.5, 0.6) is 5.75 Å². The number of piperidine rings is 1. The first-order chi connectivity index (χ1) is 20.1. The fourth-order valence-electron chi connectivity index (χ4n) is 4.72. The average Bonchev–Trinajstić information content (AvgIpc) is 3.31. The second-order valence-corrected chi connectivity index (χ2v) is 12.0. The smallest absolute Gasteiger partial charge is 0.417 e. The largest absolute Gasteiger partial charge is 0.495 e. The minimum atomic E-state index is -4.84. The van der Waals surface area contributed by atoms with Crippen LogP contribution in [0.4, 0.5) is 41.2 Å². The summed E-state index contributed by atoms with van der Waals surface area (Å²) in [6, 6.07) is 5.55. The first-order valence-electron chi connectivity index (χ1n) is 13.0. The number of carbonyl (C=O) groups excluding carboxylic acids is 1. The molecule has 0 saturated carbocycles. The van der Waals surface area contributed by atoms with Gasteiger partial charge in [-0.2, -0.15) is 18.2 Å². The van der Waals surface area contributed by atoms with E-state index >= 15 is 0 Å². The molecule has 4 N–H and O–H groups in total. The van der Waals surface area contributed by atoms with Gasteiger partial charge in [-0.3, -0.25) is 4.31 Å². The summed E-state index contributed by atoms with van der Waals surface area (Å²) in [6.45, 7) is 5.67. The summed E-state index contributed by atoms with van der Waals surface area (Å²) in [6.07, 6.45) is -4.83. The second kappa shape index (κ2) is 12.4. The van der Waals surface area contributed by atoms with Crippen LogP contribution in [0.1, 0.15) is 39.2 Å². The van der Waals surface area contributed by atoms with E-state index in [0.717, 1.165) is 10.4 Å². The maximum Gasteiger partial charge on any atom is 0.417 e. The Morgan fingerprint density at radius 1 is 1.19 bits per heavy atom. The Labute approximate surface area is 252 Å². The van der Waals surface area contributed by atoms with Gasteiger partial charge in [-0.15, -0.1) is 5.10 Å². The van der Waals surface area contributed by atoms with E-state index in [4.69, 9.17) is 26.8 Å². The van der Waals surface area contributed by atoms with Crippen molar-refractivity contribution in [3.8, 4) is 16.9 Å². The van der Waals surface area contributed by atoms with Crippen molar-refractivity contribution in [2.24, 2.45) is 0 Å². The molecule has 17 heteroatoms. The number of ether oxygens (including phenoxy) is 2. The maximum absolute atomic E-state index is 14.3. The van der Waals surface area contributed by atoms with E-state index in [2.05, 4.69) is 20.5 Å². The Morgan fingerprint density at radius 2 is 1.86 bits per heavy atom. The van der Waals surface area contributed by atoms with Crippen LogP contribution in [-0.2, 0) is 21.8 Å². The van der Waals surface area contributed by atoms with E-state index in [1.165, 1.54) is 36.3 Å². The lowest BCUT2D eigenvalue weighted by Crippen LogP contribution is -2.47. The molecular weight excluding hydrogens is 615 g/mol. The molecule has 1 aliphatic heterocycles. The number of hydrogen-bond donors (Lipinski definition) is 4. The lowest BCUT2D eigenvalue weighted by atomic mass is 9.97. The number of aromatic amines is 1. The molecule has 0 radical (unpaired) electrons. The summed E-state index contributed by atoms with van der Waals surface area (Å²) in [5.74, 6) is 0.0280. The average molecular weight is 646 g/mol. The number of nitrogens with two attached hydrogens (primary N) is 1. The number of anilines is 4. The van der Waals surface area contributed by atoms with E-state index in [1.807, 2.05) is 0 Å². The van der Waals surface area contributed by atoms with E-state index in [9.17, 15) is 26.4 Å². The number of carbonyl (C=O) groups is 1. The van der Waals surface area contributed by atoms with Gasteiger partial charge in [0.05, 0.1) is 23.4 Å². The molecule has 1 saturated heterocycles. The third-order valence-electron chi connectivity index (χ3n) is 6.51. The minimum absolute atomic E-state index is 0.00912. The van der Waals surface area contributed by atoms with Gasteiger partial charge < -0.3 is 25.4 Å². The van der Waals surface area contributed by atoms with Crippen LogP contribution < -0.4 is 20.1 Å². The third kappa shape index (κ3) is 7.54. The van der Waals surface area contributed by atoms with Gasteiger partial charge >= 0.3 is 12.3 Å². The van der Waals surface area contributed by atoms with Crippen LogP contribution in [-0.4, -0.2) is 66.4 Å². The molecule has 1 aliphatic rings. The summed E-state index contributed by atoms with van der Waals surface area (Å²) in [5.41, 5.74) is 3.35. The van der Waals surface area contributed by atoms with Crippen LogP contribution in [0.15, 0.2) is 30.3 Å². The number of rotatable bonds is 7. The number of nitrogens with zero attached hydrogens (tertiary/aromatic N) is 4. The fraction of sp³-hybridized carbons (Fsp3) is 0.423. The van der Waals surface area contributed by atoms with Crippen molar-refractivity contribution in [1.29, 1.82) is 0 Å². The highest BCUT2D eigenvalue weighted by Crippen LogP contribution is 2.45. The predicted octanol–water partition coefficient (Wildman–Crippen LogP) is 5.21. The third-order valence-corrected chi connectivity index (χ3v) is 7.70. The zero-order valence-electron chi connectivity index (χ0n) is 23.7.